The molecule has 1 aliphatic heterocycles. The molecule has 0 spiro atoms. The van der Waals surface area contributed by atoms with Crippen molar-refractivity contribution < 1.29 is 27.4 Å². The van der Waals surface area contributed by atoms with Crippen LogP contribution in [0.1, 0.15) is 22.3 Å². The number of benzene rings is 2. The number of sulfonamides is 1. The summed E-state index contributed by atoms with van der Waals surface area (Å²) in [6.45, 7) is 0.748. The molecule has 0 unspecified atom stereocenters. The Morgan fingerprint density at radius 3 is 2.15 bits per heavy atom. The maximum Gasteiger partial charge on any atom is 0.255 e. The third-order valence-electron chi connectivity index (χ3n) is 5.48. The van der Waals surface area contributed by atoms with Gasteiger partial charge in [-0.2, -0.15) is 0 Å². The van der Waals surface area contributed by atoms with E-state index in [1.165, 1.54) is 32.3 Å². The van der Waals surface area contributed by atoms with Gasteiger partial charge in [0, 0.05) is 39.3 Å². The Bertz CT molecular complexity index is 1170. The molecule has 10 heteroatoms. The summed E-state index contributed by atoms with van der Waals surface area (Å²) in [5, 5.41) is 0.200. The number of hydrogen-bond donors (Lipinski definition) is 0. The smallest absolute Gasteiger partial charge is 0.255 e. The van der Waals surface area contributed by atoms with Gasteiger partial charge in [-0.15, -0.1) is 0 Å². The fourth-order valence-corrected chi connectivity index (χ4v) is 4.74. The summed E-state index contributed by atoms with van der Waals surface area (Å²) in [6.07, 6.45) is 2.49. The van der Waals surface area contributed by atoms with E-state index in [-0.39, 0.29) is 21.4 Å². The van der Waals surface area contributed by atoms with Crippen molar-refractivity contribution >= 4 is 33.1 Å². The van der Waals surface area contributed by atoms with Crippen LogP contribution in [0.4, 0.5) is 0 Å². The van der Waals surface area contributed by atoms with Crippen molar-refractivity contribution in [2.75, 3.05) is 48.5 Å². The van der Waals surface area contributed by atoms with Crippen LogP contribution in [0.2, 0.25) is 5.02 Å². The molecule has 2 aromatic rings. The van der Waals surface area contributed by atoms with E-state index in [0.29, 0.717) is 36.8 Å². The van der Waals surface area contributed by atoms with Gasteiger partial charge in [-0.1, -0.05) is 17.7 Å². The highest BCUT2D eigenvalue weighted by Gasteiger charge is 2.26. The highest BCUT2D eigenvalue weighted by molar-refractivity contribution is 7.89. The molecular weight excluding hydrogens is 468 g/mol. The van der Waals surface area contributed by atoms with Crippen molar-refractivity contribution in [1.82, 2.24) is 9.21 Å². The number of nitrogens with zero attached hydrogens (tertiary/aromatic N) is 2. The third kappa shape index (κ3) is 4.95. The monoisotopic (exact) mass is 494 g/mol. The highest BCUT2D eigenvalue weighted by Crippen LogP contribution is 2.41. The number of rotatable bonds is 7. The molecule has 0 fully saturated rings. The lowest BCUT2D eigenvalue weighted by Crippen LogP contribution is -2.35. The molecule has 1 heterocycles. The molecule has 1 aliphatic rings. The molecule has 0 aromatic heterocycles. The second-order valence-electron chi connectivity index (χ2n) is 7.57. The Hall–Kier alpha value is -2.75. The van der Waals surface area contributed by atoms with E-state index in [4.69, 9.17) is 25.8 Å². The van der Waals surface area contributed by atoms with Crippen molar-refractivity contribution in [2.24, 2.45) is 0 Å². The van der Waals surface area contributed by atoms with Crippen LogP contribution >= 0.6 is 11.6 Å². The number of methoxy groups -OCH3 is 3. The minimum absolute atomic E-state index is 0.0150. The zero-order chi connectivity index (χ0) is 24.3. The fraction of sp³-hybridized carbons (Fsp3) is 0.348. The zero-order valence-electron chi connectivity index (χ0n) is 19.2. The molecule has 178 valence electrons. The van der Waals surface area contributed by atoms with Crippen LogP contribution < -0.4 is 14.2 Å². The molecule has 0 atom stereocenters. The molecule has 0 bridgehead atoms. The fourth-order valence-electron chi connectivity index (χ4n) is 3.61. The van der Waals surface area contributed by atoms with Crippen LogP contribution in [-0.4, -0.2) is 72.0 Å². The van der Waals surface area contributed by atoms with Crippen molar-refractivity contribution in [3.05, 3.63) is 52.6 Å². The first-order chi connectivity index (χ1) is 15.6. The molecule has 33 heavy (non-hydrogen) atoms. The average molecular weight is 495 g/mol. The maximum absolute atomic E-state index is 13.2. The van der Waals surface area contributed by atoms with Crippen LogP contribution in [0.15, 0.2) is 41.3 Å². The van der Waals surface area contributed by atoms with Crippen LogP contribution in [0.5, 0.6) is 17.2 Å². The third-order valence-corrected chi connectivity index (χ3v) is 7.62. The van der Waals surface area contributed by atoms with E-state index in [9.17, 15) is 13.2 Å². The van der Waals surface area contributed by atoms with Gasteiger partial charge in [-0.05, 0) is 30.2 Å². The van der Waals surface area contributed by atoms with Gasteiger partial charge in [0.2, 0.25) is 10.0 Å². The number of carbonyl (C=O) groups excluding carboxylic acids is 1. The molecule has 2 aromatic carbocycles. The summed E-state index contributed by atoms with van der Waals surface area (Å²) in [5.41, 5.74) is 1.94. The lowest BCUT2D eigenvalue weighted by Gasteiger charge is -2.28. The van der Waals surface area contributed by atoms with E-state index < -0.39 is 10.0 Å². The summed E-state index contributed by atoms with van der Waals surface area (Å²) >= 11 is 6.26. The Kier molecular flexibility index (Phi) is 7.56. The maximum atomic E-state index is 13.2. The topological polar surface area (TPSA) is 85.4 Å². The first-order valence-corrected chi connectivity index (χ1v) is 12.0. The normalized spacial score (nSPS) is 14.2. The number of ether oxygens (including phenoxy) is 3. The molecule has 1 amide bonds. The molecular formula is C23H27ClN2O6S. The molecule has 0 saturated heterocycles. The molecule has 3 rings (SSSR count). The van der Waals surface area contributed by atoms with E-state index in [1.54, 1.807) is 38.4 Å². The van der Waals surface area contributed by atoms with Gasteiger partial charge in [-0.25, -0.2) is 12.7 Å². The Balaban J connectivity index is 1.90. The van der Waals surface area contributed by atoms with Gasteiger partial charge in [0.05, 0.1) is 42.4 Å². The Morgan fingerprint density at radius 2 is 1.67 bits per heavy atom. The summed E-state index contributed by atoms with van der Waals surface area (Å²) in [7, 11) is 3.90. The summed E-state index contributed by atoms with van der Waals surface area (Å²) < 4.78 is 42.4. The lowest BCUT2D eigenvalue weighted by molar-refractivity contribution is 0.0773. The van der Waals surface area contributed by atoms with Gasteiger partial charge in [0.1, 0.15) is 17.2 Å². The Morgan fingerprint density at radius 1 is 1.03 bits per heavy atom. The van der Waals surface area contributed by atoms with E-state index in [1.807, 2.05) is 6.08 Å². The van der Waals surface area contributed by atoms with Crippen molar-refractivity contribution in [1.29, 1.82) is 0 Å². The van der Waals surface area contributed by atoms with Gasteiger partial charge in [0.25, 0.3) is 5.91 Å². The van der Waals surface area contributed by atoms with Crippen molar-refractivity contribution in [3.8, 4) is 17.2 Å². The number of halogens is 1. The summed E-state index contributed by atoms with van der Waals surface area (Å²) in [5.74, 6) is 1.51. The Labute approximate surface area is 199 Å². The molecule has 0 N–H and O–H groups in total. The second kappa shape index (κ2) is 10.0. The molecule has 0 saturated carbocycles. The van der Waals surface area contributed by atoms with Crippen molar-refractivity contribution in [3.63, 3.8) is 0 Å². The van der Waals surface area contributed by atoms with Crippen LogP contribution in [0.3, 0.4) is 0 Å². The largest absolute Gasteiger partial charge is 0.496 e. The standard InChI is InChI=1S/C23H27ClN2O6S/c1-25(2)33(28,29)17-6-7-19(24)18(14-17)23(27)26-10-8-15(9-11-26)22-20(31-4)12-16(30-3)13-21(22)32-5/h6-8,12-14H,9-11H2,1-5H3. The second-order valence-corrected chi connectivity index (χ2v) is 10.1. The first-order valence-electron chi connectivity index (χ1n) is 10.1. The summed E-state index contributed by atoms with van der Waals surface area (Å²) in [6, 6.07) is 7.72. The summed E-state index contributed by atoms with van der Waals surface area (Å²) in [4.78, 5) is 14.8. The number of carbonyl (C=O) groups is 1. The predicted octanol–water partition coefficient (Wildman–Crippen LogP) is 3.55. The molecule has 0 radical (unpaired) electrons. The van der Waals surface area contributed by atoms with Crippen LogP contribution in [0, 0.1) is 0 Å². The minimum atomic E-state index is -3.69. The zero-order valence-corrected chi connectivity index (χ0v) is 20.8. The molecule has 8 nitrogen and oxygen atoms in total. The van der Waals surface area contributed by atoms with E-state index in [0.717, 1.165) is 15.4 Å². The SMILES string of the molecule is COc1cc(OC)c(C2=CCN(C(=O)c3cc(S(=O)(=O)N(C)C)ccc3Cl)CC2)c(OC)c1. The highest BCUT2D eigenvalue weighted by atomic mass is 35.5. The number of amides is 1. The first kappa shape index (κ1) is 24.9. The van der Waals surface area contributed by atoms with Gasteiger partial charge >= 0.3 is 0 Å². The lowest BCUT2D eigenvalue weighted by atomic mass is 9.96. The van der Waals surface area contributed by atoms with E-state index in [2.05, 4.69) is 0 Å². The van der Waals surface area contributed by atoms with E-state index >= 15 is 0 Å². The average Bonchev–Trinajstić information content (AvgIpc) is 2.82. The van der Waals surface area contributed by atoms with Crippen LogP contribution in [0.25, 0.3) is 5.57 Å². The van der Waals surface area contributed by atoms with Crippen LogP contribution in [-0.2, 0) is 10.0 Å². The van der Waals surface area contributed by atoms with Gasteiger partial charge in [-0.3, -0.25) is 4.79 Å². The molecule has 0 aliphatic carbocycles. The van der Waals surface area contributed by atoms with Crippen molar-refractivity contribution in [2.45, 2.75) is 11.3 Å². The quantitative estimate of drug-likeness (QED) is 0.585. The van der Waals surface area contributed by atoms with Gasteiger partial charge < -0.3 is 19.1 Å². The number of hydrogen-bond acceptors (Lipinski definition) is 6. The predicted molar refractivity (Wildman–Crippen MR) is 127 cm³/mol. The minimum Gasteiger partial charge on any atom is -0.496 e. The van der Waals surface area contributed by atoms with Gasteiger partial charge in [0.15, 0.2) is 0 Å².